The maximum absolute atomic E-state index is 9.40. The molecule has 1 saturated heterocycles. The van der Waals surface area contributed by atoms with E-state index >= 15 is 0 Å². The molecule has 1 aliphatic rings. The van der Waals surface area contributed by atoms with E-state index in [1.54, 1.807) is 0 Å². The van der Waals surface area contributed by atoms with Gasteiger partial charge in [0.1, 0.15) is 0 Å². The molecule has 0 spiro atoms. The summed E-state index contributed by atoms with van der Waals surface area (Å²) >= 11 is 0. The molecular weight excluding hydrogens is 114 g/mol. The van der Waals surface area contributed by atoms with Gasteiger partial charge in [-0.3, -0.25) is 0 Å². The summed E-state index contributed by atoms with van der Waals surface area (Å²) in [5, 5.41) is 9.40. The molecule has 0 aromatic rings. The van der Waals surface area contributed by atoms with Crippen LogP contribution in [0, 0.1) is 5.92 Å². The molecule has 9 heavy (non-hydrogen) atoms. The predicted molar refractivity (Wildman–Crippen MR) is 36.8 cm³/mol. The third-order valence-electron chi connectivity index (χ3n) is 2.20. The normalized spacial score (nSPS) is 41.3. The van der Waals surface area contributed by atoms with Gasteiger partial charge in [0.15, 0.2) is 6.23 Å². The van der Waals surface area contributed by atoms with Crippen molar-refractivity contribution >= 4 is 0 Å². The van der Waals surface area contributed by atoms with E-state index in [1.165, 1.54) is 0 Å². The van der Waals surface area contributed by atoms with E-state index < -0.39 is 0 Å². The quantitative estimate of drug-likeness (QED) is 0.471. The van der Waals surface area contributed by atoms with Crippen molar-refractivity contribution in [3.63, 3.8) is 0 Å². The van der Waals surface area contributed by atoms with Crippen LogP contribution in [0.15, 0.2) is 0 Å². The van der Waals surface area contributed by atoms with Gasteiger partial charge in [0.05, 0.1) is 20.6 Å². The fraction of sp³-hybridized carbons (Fsp3) is 1.00. The Hall–Kier alpha value is -0.0800. The maximum Gasteiger partial charge on any atom is 0.190 e. The van der Waals surface area contributed by atoms with Gasteiger partial charge in [-0.1, -0.05) is 6.92 Å². The van der Waals surface area contributed by atoms with Crippen LogP contribution in [0.2, 0.25) is 0 Å². The third kappa shape index (κ3) is 1.25. The van der Waals surface area contributed by atoms with Crippen molar-refractivity contribution in [2.45, 2.75) is 19.6 Å². The largest absolute Gasteiger partial charge is 0.345 e. The van der Waals surface area contributed by atoms with Crippen LogP contribution in [-0.4, -0.2) is 36.5 Å². The predicted octanol–water partition coefficient (Wildman–Crippen LogP) is 0.421. The van der Waals surface area contributed by atoms with Gasteiger partial charge in [-0.25, -0.2) is 0 Å². The maximum atomic E-state index is 9.40. The first-order chi connectivity index (χ1) is 4.02. The van der Waals surface area contributed by atoms with Gasteiger partial charge in [-0.05, 0) is 0 Å². The molecule has 2 heteroatoms. The minimum absolute atomic E-state index is 0.125. The van der Waals surface area contributed by atoms with Gasteiger partial charge >= 0.3 is 0 Å². The van der Waals surface area contributed by atoms with Crippen molar-refractivity contribution < 1.29 is 9.59 Å². The Morgan fingerprint density at radius 1 is 1.44 bits per heavy atom. The monoisotopic (exact) mass is 130 g/mol. The molecule has 1 aliphatic heterocycles. The van der Waals surface area contributed by atoms with Gasteiger partial charge < -0.3 is 9.59 Å². The first kappa shape index (κ1) is 7.03. The van der Waals surface area contributed by atoms with Crippen LogP contribution in [-0.2, 0) is 0 Å². The van der Waals surface area contributed by atoms with Crippen molar-refractivity contribution in [3.05, 3.63) is 0 Å². The van der Waals surface area contributed by atoms with Gasteiger partial charge in [0.25, 0.3) is 0 Å². The number of aliphatic hydroxyl groups is 1. The molecule has 1 fully saturated rings. The average molecular weight is 130 g/mol. The third-order valence-corrected chi connectivity index (χ3v) is 2.20. The van der Waals surface area contributed by atoms with E-state index in [4.69, 9.17) is 0 Å². The smallest absolute Gasteiger partial charge is 0.190 e. The number of nitrogens with zero attached hydrogens (tertiary/aromatic N) is 1. The van der Waals surface area contributed by atoms with Crippen molar-refractivity contribution in [3.8, 4) is 0 Å². The van der Waals surface area contributed by atoms with Gasteiger partial charge in [0.2, 0.25) is 0 Å². The van der Waals surface area contributed by atoms with E-state index in [0.29, 0.717) is 5.92 Å². The lowest BCUT2D eigenvalue weighted by molar-refractivity contribution is -0.924. The summed E-state index contributed by atoms with van der Waals surface area (Å²) in [6.07, 6.45) is 0.840. The van der Waals surface area contributed by atoms with Crippen LogP contribution >= 0.6 is 0 Å². The molecular formula is C7H16NO+. The molecule has 1 N–H and O–H groups in total. The molecule has 0 amide bonds. The minimum Gasteiger partial charge on any atom is -0.345 e. The molecule has 54 valence electrons. The summed E-state index contributed by atoms with van der Waals surface area (Å²) in [4.78, 5) is 0. The molecule has 0 radical (unpaired) electrons. The highest BCUT2D eigenvalue weighted by atomic mass is 16.3. The fourth-order valence-corrected chi connectivity index (χ4v) is 1.64. The number of rotatable bonds is 0. The first-order valence-electron chi connectivity index (χ1n) is 3.53. The summed E-state index contributed by atoms with van der Waals surface area (Å²) in [6, 6.07) is 0. The second-order valence-electron chi connectivity index (χ2n) is 3.78. The van der Waals surface area contributed by atoms with Crippen LogP contribution in [0.25, 0.3) is 0 Å². The van der Waals surface area contributed by atoms with E-state index in [1.807, 2.05) is 0 Å². The molecule has 2 unspecified atom stereocenters. The summed E-state index contributed by atoms with van der Waals surface area (Å²) in [7, 11) is 4.16. The summed E-state index contributed by atoms with van der Waals surface area (Å²) < 4.78 is 0.779. The molecule has 2 nitrogen and oxygen atoms in total. The number of hydrogen-bond acceptors (Lipinski definition) is 1. The van der Waals surface area contributed by atoms with Gasteiger partial charge in [-0.15, -0.1) is 0 Å². The molecule has 1 heterocycles. The first-order valence-corrected chi connectivity index (χ1v) is 3.53. The van der Waals surface area contributed by atoms with E-state index in [-0.39, 0.29) is 6.23 Å². The highest BCUT2D eigenvalue weighted by molar-refractivity contribution is 4.61. The highest BCUT2D eigenvalue weighted by Crippen LogP contribution is 2.24. The topological polar surface area (TPSA) is 20.2 Å². The van der Waals surface area contributed by atoms with Crippen molar-refractivity contribution in [1.82, 2.24) is 0 Å². The zero-order valence-corrected chi connectivity index (χ0v) is 6.46. The Kier molecular flexibility index (Phi) is 1.53. The zero-order chi connectivity index (χ0) is 7.07. The Labute approximate surface area is 56.7 Å². The van der Waals surface area contributed by atoms with Crippen LogP contribution in [0.1, 0.15) is 13.3 Å². The van der Waals surface area contributed by atoms with E-state index in [2.05, 4.69) is 21.0 Å². The number of likely N-dealkylation sites (tertiary alicyclic amines) is 1. The van der Waals surface area contributed by atoms with E-state index in [0.717, 1.165) is 17.4 Å². The second kappa shape index (κ2) is 1.96. The van der Waals surface area contributed by atoms with Gasteiger partial charge in [0, 0.05) is 12.3 Å². The van der Waals surface area contributed by atoms with Gasteiger partial charge in [-0.2, -0.15) is 0 Å². The second-order valence-corrected chi connectivity index (χ2v) is 3.78. The molecule has 1 rings (SSSR count). The average Bonchev–Trinajstić information content (AvgIpc) is 1.79. The standard InChI is InChI=1S/C7H16NO/c1-6-4-7(9)8(2,3)5-6/h6-7,9H,4-5H2,1-3H3/q+1. The Bertz CT molecular complexity index is 111. The summed E-state index contributed by atoms with van der Waals surface area (Å²) in [5.74, 6) is 0.690. The lowest BCUT2D eigenvalue weighted by atomic mass is 10.1. The number of hydrogen-bond donors (Lipinski definition) is 1. The Balaban J connectivity index is 2.58. The van der Waals surface area contributed by atoms with Crippen molar-refractivity contribution in [1.29, 1.82) is 0 Å². The Morgan fingerprint density at radius 3 is 2.11 bits per heavy atom. The SMILES string of the molecule is CC1CC(O)[N+](C)(C)C1. The lowest BCUT2D eigenvalue weighted by Gasteiger charge is -2.27. The zero-order valence-electron chi connectivity index (χ0n) is 6.46. The number of aliphatic hydroxyl groups excluding tert-OH is 1. The molecule has 0 aromatic carbocycles. The van der Waals surface area contributed by atoms with E-state index in [9.17, 15) is 5.11 Å². The molecule has 0 bridgehead atoms. The minimum atomic E-state index is -0.125. The molecule has 0 aromatic heterocycles. The van der Waals surface area contributed by atoms with Crippen LogP contribution < -0.4 is 0 Å². The van der Waals surface area contributed by atoms with Crippen LogP contribution in [0.4, 0.5) is 0 Å². The number of quaternary nitrogens is 1. The summed E-state index contributed by atoms with van der Waals surface area (Å²) in [5.41, 5.74) is 0. The van der Waals surface area contributed by atoms with Crippen molar-refractivity contribution in [2.75, 3.05) is 20.6 Å². The molecule has 2 atom stereocenters. The van der Waals surface area contributed by atoms with Crippen molar-refractivity contribution in [2.24, 2.45) is 5.92 Å². The highest BCUT2D eigenvalue weighted by Gasteiger charge is 2.36. The molecule has 0 aliphatic carbocycles. The Morgan fingerprint density at radius 2 is 2.00 bits per heavy atom. The lowest BCUT2D eigenvalue weighted by Crippen LogP contribution is -2.43. The summed E-state index contributed by atoms with van der Waals surface area (Å²) in [6.45, 7) is 3.30. The fourth-order valence-electron chi connectivity index (χ4n) is 1.64. The van der Waals surface area contributed by atoms with Crippen LogP contribution in [0.5, 0.6) is 0 Å². The van der Waals surface area contributed by atoms with Crippen LogP contribution in [0.3, 0.4) is 0 Å². The molecule has 0 saturated carbocycles.